The van der Waals surface area contributed by atoms with E-state index in [1.165, 1.54) is 11.3 Å². The minimum absolute atomic E-state index is 0.0183. The Morgan fingerprint density at radius 2 is 1.88 bits per heavy atom. The number of aromatic nitrogens is 1. The van der Waals surface area contributed by atoms with Gasteiger partial charge in [0, 0.05) is 5.41 Å². The Bertz CT molecular complexity index is 444. The van der Waals surface area contributed by atoms with Gasteiger partial charge in [-0.3, -0.25) is 9.59 Å². The van der Waals surface area contributed by atoms with E-state index in [0.29, 0.717) is 10.6 Å². The van der Waals surface area contributed by atoms with E-state index in [4.69, 9.17) is 0 Å². The summed E-state index contributed by atoms with van der Waals surface area (Å²) in [4.78, 5) is 28.2. The third-order valence-corrected chi connectivity index (χ3v) is 3.43. The number of aryl methyl sites for hydroxylation is 2. The number of hydrogen-bond donors (Lipinski definition) is 1. The number of ketones is 1. The SMILES string of the molecule is Cc1nc(C)c(C(=O)NCC(=O)C(C)(C)C)s1. The lowest BCUT2D eigenvalue weighted by molar-refractivity contribution is -0.125. The third kappa shape index (κ3) is 3.63. The van der Waals surface area contributed by atoms with Crippen molar-refractivity contribution < 1.29 is 9.59 Å². The van der Waals surface area contributed by atoms with Crippen molar-refractivity contribution >= 4 is 23.0 Å². The van der Waals surface area contributed by atoms with Gasteiger partial charge in [0.2, 0.25) is 0 Å². The van der Waals surface area contributed by atoms with Crippen LogP contribution in [0.3, 0.4) is 0 Å². The molecule has 17 heavy (non-hydrogen) atoms. The van der Waals surface area contributed by atoms with Crippen LogP contribution < -0.4 is 5.32 Å². The van der Waals surface area contributed by atoms with Crippen molar-refractivity contribution in [1.82, 2.24) is 10.3 Å². The predicted octanol–water partition coefficient (Wildman–Crippen LogP) is 2.10. The van der Waals surface area contributed by atoms with Crippen LogP contribution >= 0.6 is 11.3 Å². The number of carbonyl (C=O) groups is 2. The number of nitrogens with zero attached hydrogens (tertiary/aromatic N) is 1. The minimum atomic E-state index is -0.425. The molecule has 0 radical (unpaired) electrons. The van der Waals surface area contributed by atoms with Crippen LogP contribution in [-0.2, 0) is 4.79 Å². The van der Waals surface area contributed by atoms with Gasteiger partial charge in [0.05, 0.1) is 17.2 Å². The molecule has 1 amide bonds. The average molecular weight is 254 g/mol. The molecule has 1 aromatic rings. The molecular weight excluding hydrogens is 236 g/mol. The van der Waals surface area contributed by atoms with E-state index in [9.17, 15) is 9.59 Å². The Balaban J connectivity index is 2.63. The molecule has 0 saturated carbocycles. The van der Waals surface area contributed by atoms with Gasteiger partial charge >= 0.3 is 0 Å². The highest BCUT2D eigenvalue weighted by Crippen LogP contribution is 2.17. The lowest BCUT2D eigenvalue weighted by Crippen LogP contribution is -2.35. The topological polar surface area (TPSA) is 59.1 Å². The number of amides is 1. The lowest BCUT2D eigenvalue weighted by Gasteiger charge is -2.16. The summed E-state index contributed by atoms with van der Waals surface area (Å²) >= 11 is 1.35. The Kier molecular flexibility index (Phi) is 4.03. The zero-order chi connectivity index (χ0) is 13.2. The van der Waals surface area contributed by atoms with Crippen LogP contribution in [0, 0.1) is 19.3 Å². The highest BCUT2D eigenvalue weighted by molar-refractivity contribution is 7.13. The van der Waals surface area contributed by atoms with Crippen LogP contribution in [0.5, 0.6) is 0 Å². The Labute approximate surface area is 105 Å². The fraction of sp³-hybridized carbons (Fsp3) is 0.583. The standard InChI is InChI=1S/C12H18N2O2S/c1-7-10(17-8(2)14-7)11(16)13-6-9(15)12(3,4)5/h6H2,1-5H3,(H,13,16). The van der Waals surface area contributed by atoms with Crippen molar-refractivity contribution in [2.24, 2.45) is 5.41 Å². The fourth-order valence-electron chi connectivity index (χ4n) is 1.25. The zero-order valence-corrected chi connectivity index (χ0v) is 11.7. The second kappa shape index (κ2) is 4.96. The summed E-state index contributed by atoms with van der Waals surface area (Å²) < 4.78 is 0. The molecule has 1 heterocycles. The summed E-state index contributed by atoms with van der Waals surface area (Å²) in [6.45, 7) is 9.23. The van der Waals surface area contributed by atoms with E-state index in [0.717, 1.165) is 5.01 Å². The van der Waals surface area contributed by atoms with Crippen LogP contribution in [0.25, 0.3) is 0 Å². The number of hydrogen-bond acceptors (Lipinski definition) is 4. The summed E-state index contributed by atoms with van der Waals surface area (Å²) in [6, 6.07) is 0. The van der Waals surface area contributed by atoms with E-state index in [1.807, 2.05) is 27.7 Å². The molecule has 1 N–H and O–H groups in total. The van der Waals surface area contributed by atoms with Gasteiger partial charge in [-0.1, -0.05) is 20.8 Å². The van der Waals surface area contributed by atoms with Gasteiger partial charge in [-0.2, -0.15) is 0 Å². The molecule has 5 heteroatoms. The molecule has 0 aliphatic carbocycles. The number of Topliss-reactive ketones (excluding diaryl/α,β-unsaturated/α-hetero) is 1. The first kappa shape index (κ1) is 13.8. The van der Waals surface area contributed by atoms with Gasteiger partial charge in [0.25, 0.3) is 5.91 Å². The maximum atomic E-state index is 11.8. The van der Waals surface area contributed by atoms with Gasteiger partial charge in [-0.25, -0.2) is 4.98 Å². The van der Waals surface area contributed by atoms with Crippen LogP contribution in [-0.4, -0.2) is 23.2 Å². The maximum Gasteiger partial charge on any atom is 0.263 e. The highest BCUT2D eigenvalue weighted by Gasteiger charge is 2.22. The van der Waals surface area contributed by atoms with Crippen LogP contribution in [0.1, 0.15) is 41.1 Å². The summed E-state index contributed by atoms with van der Waals surface area (Å²) in [5.74, 6) is -0.199. The zero-order valence-electron chi connectivity index (χ0n) is 10.9. The monoisotopic (exact) mass is 254 g/mol. The van der Waals surface area contributed by atoms with Crippen molar-refractivity contribution in [3.05, 3.63) is 15.6 Å². The van der Waals surface area contributed by atoms with Gasteiger partial charge in [-0.15, -0.1) is 11.3 Å². The summed E-state index contributed by atoms with van der Waals surface area (Å²) in [5, 5.41) is 3.50. The first-order valence-electron chi connectivity index (χ1n) is 5.47. The molecule has 94 valence electrons. The number of carbonyl (C=O) groups excluding carboxylic acids is 2. The Hall–Kier alpha value is -1.23. The lowest BCUT2D eigenvalue weighted by atomic mass is 9.91. The molecular formula is C12H18N2O2S. The molecule has 0 spiro atoms. The first-order valence-corrected chi connectivity index (χ1v) is 6.29. The molecule has 4 nitrogen and oxygen atoms in total. The molecule has 0 atom stereocenters. The van der Waals surface area contributed by atoms with Gasteiger partial charge in [0.1, 0.15) is 4.88 Å². The third-order valence-electron chi connectivity index (χ3n) is 2.36. The minimum Gasteiger partial charge on any atom is -0.344 e. The van der Waals surface area contributed by atoms with Crippen molar-refractivity contribution in [2.75, 3.05) is 6.54 Å². The molecule has 0 aliphatic rings. The van der Waals surface area contributed by atoms with E-state index in [2.05, 4.69) is 10.3 Å². The molecule has 0 saturated heterocycles. The summed E-state index contributed by atoms with van der Waals surface area (Å²) in [5.41, 5.74) is 0.291. The molecule has 0 aliphatic heterocycles. The predicted molar refractivity (Wildman–Crippen MR) is 68.4 cm³/mol. The van der Waals surface area contributed by atoms with E-state index < -0.39 is 5.41 Å². The summed E-state index contributed by atoms with van der Waals surface area (Å²) in [6.07, 6.45) is 0. The molecule has 1 rings (SSSR count). The number of thiazole rings is 1. The van der Waals surface area contributed by atoms with Crippen molar-refractivity contribution in [1.29, 1.82) is 0 Å². The molecule has 0 unspecified atom stereocenters. The average Bonchev–Trinajstić information content (AvgIpc) is 2.52. The van der Waals surface area contributed by atoms with E-state index in [1.54, 1.807) is 6.92 Å². The number of nitrogens with one attached hydrogen (secondary N) is 1. The summed E-state index contributed by atoms with van der Waals surface area (Å²) in [7, 11) is 0. The van der Waals surface area contributed by atoms with Gasteiger partial charge in [0.15, 0.2) is 5.78 Å². The van der Waals surface area contributed by atoms with Crippen molar-refractivity contribution in [2.45, 2.75) is 34.6 Å². The Morgan fingerprint density at radius 1 is 1.29 bits per heavy atom. The van der Waals surface area contributed by atoms with Crippen molar-refractivity contribution in [3.8, 4) is 0 Å². The fourth-order valence-corrected chi connectivity index (χ4v) is 2.08. The number of rotatable bonds is 3. The van der Waals surface area contributed by atoms with Crippen LogP contribution in [0.4, 0.5) is 0 Å². The normalized spacial score (nSPS) is 11.4. The van der Waals surface area contributed by atoms with Crippen molar-refractivity contribution in [3.63, 3.8) is 0 Å². The molecule has 0 fully saturated rings. The quantitative estimate of drug-likeness (QED) is 0.898. The van der Waals surface area contributed by atoms with E-state index >= 15 is 0 Å². The maximum absolute atomic E-state index is 11.8. The molecule has 0 bridgehead atoms. The van der Waals surface area contributed by atoms with Gasteiger partial charge < -0.3 is 5.32 Å². The van der Waals surface area contributed by atoms with Gasteiger partial charge in [-0.05, 0) is 13.8 Å². The first-order chi connectivity index (χ1) is 7.71. The van der Waals surface area contributed by atoms with Crippen LogP contribution in [0.15, 0.2) is 0 Å². The largest absolute Gasteiger partial charge is 0.344 e. The smallest absolute Gasteiger partial charge is 0.263 e. The second-order valence-electron chi connectivity index (χ2n) is 5.00. The van der Waals surface area contributed by atoms with E-state index in [-0.39, 0.29) is 18.2 Å². The Morgan fingerprint density at radius 3 is 2.29 bits per heavy atom. The second-order valence-corrected chi connectivity index (χ2v) is 6.21. The van der Waals surface area contributed by atoms with Crippen LogP contribution in [0.2, 0.25) is 0 Å². The molecule has 1 aromatic heterocycles. The highest BCUT2D eigenvalue weighted by atomic mass is 32.1. The molecule has 0 aromatic carbocycles.